The number of nitrogens with two attached hydrogens (primary N) is 1. The summed E-state index contributed by atoms with van der Waals surface area (Å²) in [5, 5.41) is 2.83. The average molecular weight is 337 g/mol. The number of anilines is 2. The molecule has 0 heterocycles. The van der Waals surface area contributed by atoms with E-state index in [4.69, 9.17) is 5.73 Å². The van der Waals surface area contributed by atoms with Crippen molar-refractivity contribution >= 4 is 23.2 Å². The molecule has 1 fully saturated rings. The summed E-state index contributed by atoms with van der Waals surface area (Å²) in [7, 11) is 0. The van der Waals surface area contributed by atoms with Gasteiger partial charge < -0.3 is 16.0 Å². The van der Waals surface area contributed by atoms with E-state index in [1.807, 2.05) is 61.5 Å². The summed E-state index contributed by atoms with van der Waals surface area (Å²) in [6.07, 6.45) is 1.79. The molecule has 5 heteroatoms. The first-order valence-electron chi connectivity index (χ1n) is 8.56. The van der Waals surface area contributed by atoms with Crippen LogP contribution in [0.25, 0.3) is 0 Å². The monoisotopic (exact) mass is 337 g/mol. The van der Waals surface area contributed by atoms with Crippen molar-refractivity contribution in [2.45, 2.75) is 31.7 Å². The standard InChI is InChI=1S/C20H23N3O2/c1-2-23(17-6-4-3-5-7-17)18(24)14-15-8-10-16(11-9-15)22-19(25)20(21)12-13-20/h3-11H,2,12-14,21H2,1H3,(H,22,25). The predicted octanol–water partition coefficient (Wildman–Crippen LogP) is 2.71. The van der Waals surface area contributed by atoms with Gasteiger partial charge in [-0.15, -0.1) is 0 Å². The summed E-state index contributed by atoms with van der Waals surface area (Å²) in [4.78, 5) is 26.3. The van der Waals surface area contributed by atoms with Gasteiger partial charge in [0.15, 0.2) is 0 Å². The molecule has 3 rings (SSSR count). The van der Waals surface area contributed by atoms with Crippen LogP contribution in [0, 0.1) is 0 Å². The van der Waals surface area contributed by atoms with Crippen molar-refractivity contribution in [3.05, 3.63) is 60.2 Å². The van der Waals surface area contributed by atoms with E-state index in [-0.39, 0.29) is 11.8 Å². The second kappa shape index (κ2) is 7.07. The normalized spacial score (nSPS) is 14.6. The molecule has 0 saturated heterocycles. The number of rotatable bonds is 6. The van der Waals surface area contributed by atoms with Crippen molar-refractivity contribution in [1.82, 2.24) is 0 Å². The zero-order valence-corrected chi connectivity index (χ0v) is 14.4. The Morgan fingerprint density at radius 2 is 1.72 bits per heavy atom. The Morgan fingerprint density at radius 1 is 1.08 bits per heavy atom. The molecule has 3 N–H and O–H groups in total. The van der Waals surface area contributed by atoms with E-state index in [0.29, 0.717) is 18.7 Å². The molecule has 5 nitrogen and oxygen atoms in total. The molecule has 0 radical (unpaired) electrons. The van der Waals surface area contributed by atoms with Crippen LogP contribution >= 0.6 is 0 Å². The Bertz CT molecular complexity index is 752. The Balaban J connectivity index is 1.62. The number of carbonyl (C=O) groups excluding carboxylic acids is 2. The van der Waals surface area contributed by atoms with E-state index in [1.165, 1.54) is 0 Å². The van der Waals surface area contributed by atoms with Crippen LogP contribution < -0.4 is 16.0 Å². The largest absolute Gasteiger partial charge is 0.324 e. The zero-order valence-electron chi connectivity index (χ0n) is 14.4. The molecule has 2 aromatic rings. The van der Waals surface area contributed by atoms with Crippen LogP contribution in [0.15, 0.2) is 54.6 Å². The minimum atomic E-state index is -0.689. The first-order valence-corrected chi connectivity index (χ1v) is 8.56. The fourth-order valence-corrected chi connectivity index (χ4v) is 2.70. The van der Waals surface area contributed by atoms with E-state index in [0.717, 1.165) is 24.1 Å². The average Bonchev–Trinajstić information content (AvgIpc) is 3.37. The van der Waals surface area contributed by atoms with Crippen molar-refractivity contribution in [3.63, 3.8) is 0 Å². The molecule has 0 spiro atoms. The van der Waals surface area contributed by atoms with Crippen molar-refractivity contribution in [2.75, 3.05) is 16.8 Å². The van der Waals surface area contributed by atoms with Crippen LogP contribution in [-0.4, -0.2) is 23.9 Å². The van der Waals surface area contributed by atoms with Gasteiger partial charge in [0.2, 0.25) is 11.8 Å². The number of nitrogens with one attached hydrogen (secondary N) is 1. The van der Waals surface area contributed by atoms with E-state index >= 15 is 0 Å². The molecular weight excluding hydrogens is 314 g/mol. The van der Waals surface area contributed by atoms with Crippen molar-refractivity contribution in [3.8, 4) is 0 Å². The van der Waals surface area contributed by atoms with Gasteiger partial charge in [-0.2, -0.15) is 0 Å². The maximum absolute atomic E-state index is 12.6. The number of carbonyl (C=O) groups is 2. The first kappa shape index (κ1) is 17.2. The SMILES string of the molecule is CCN(C(=O)Cc1ccc(NC(=O)C2(N)CC2)cc1)c1ccccc1. The number of likely N-dealkylation sites (N-methyl/N-ethyl adjacent to an activating group) is 1. The fourth-order valence-electron chi connectivity index (χ4n) is 2.70. The number of para-hydroxylation sites is 1. The summed E-state index contributed by atoms with van der Waals surface area (Å²) in [6, 6.07) is 17.0. The van der Waals surface area contributed by atoms with E-state index < -0.39 is 5.54 Å². The van der Waals surface area contributed by atoms with E-state index in [1.54, 1.807) is 4.90 Å². The number of nitrogens with zero attached hydrogens (tertiary/aromatic N) is 1. The van der Waals surface area contributed by atoms with E-state index in [9.17, 15) is 9.59 Å². The number of benzene rings is 2. The molecule has 0 aromatic heterocycles. The topological polar surface area (TPSA) is 75.4 Å². The predicted molar refractivity (Wildman–Crippen MR) is 99.4 cm³/mol. The lowest BCUT2D eigenvalue weighted by Gasteiger charge is -2.21. The molecule has 1 saturated carbocycles. The van der Waals surface area contributed by atoms with Gasteiger partial charge in [-0.05, 0) is 49.6 Å². The van der Waals surface area contributed by atoms with Crippen molar-refractivity contribution in [1.29, 1.82) is 0 Å². The minimum absolute atomic E-state index is 0.0457. The molecule has 0 bridgehead atoms. The number of hydrogen-bond acceptors (Lipinski definition) is 3. The van der Waals surface area contributed by atoms with Crippen LogP contribution in [-0.2, 0) is 16.0 Å². The zero-order chi connectivity index (χ0) is 17.9. The van der Waals surface area contributed by atoms with Gasteiger partial charge in [0.1, 0.15) is 0 Å². The highest BCUT2D eigenvalue weighted by Crippen LogP contribution is 2.33. The third kappa shape index (κ3) is 4.06. The quantitative estimate of drug-likeness (QED) is 0.851. The maximum atomic E-state index is 12.6. The van der Waals surface area contributed by atoms with Gasteiger partial charge in [-0.1, -0.05) is 30.3 Å². The fraction of sp³-hybridized carbons (Fsp3) is 0.300. The summed E-state index contributed by atoms with van der Waals surface area (Å²) in [5.41, 5.74) is 7.70. The Hall–Kier alpha value is -2.66. The van der Waals surface area contributed by atoms with Crippen LogP contribution in [0.1, 0.15) is 25.3 Å². The molecule has 2 amide bonds. The third-order valence-corrected chi connectivity index (χ3v) is 4.49. The van der Waals surface area contributed by atoms with Crippen LogP contribution in [0.2, 0.25) is 0 Å². The number of amides is 2. The van der Waals surface area contributed by atoms with Crippen LogP contribution in [0.3, 0.4) is 0 Å². The highest BCUT2D eigenvalue weighted by Gasteiger charge is 2.45. The maximum Gasteiger partial charge on any atom is 0.244 e. The van der Waals surface area contributed by atoms with Gasteiger partial charge in [0.25, 0.3) is 0 Å². The minimum Gasteiger partial charge on any atom is -0.324 e. The van der Waals surface area contributed by atoms with Crippen LogP contribution in [0.5, 0.6) is 0 Å². The lowest BCUT2D eigenvalue weighted by molar-refractivity contribution is -0.118. The van der Waals surface area contributed by atoms with Crippen molar-refractivity contribution in [2.24, 2.45) is 5.73 Å². The molecule has 25 heavy (non-hydrogen) atoms. The molecule has 0 aliphatic heterocycles. The second-order valence-corrected chi connectivity index (χ2v) is 6.46. The first-order chi connectivity index (χ1) is 12.0. The van der Waals surface area contributed by atoms with Gasteiger partial charge in [0, 0.05) is 17.9 Å². The van der Waals surface area contributed by atoms with Crippen LogP contribution in [0.4, 0.5) is 11.4 Å². The molecule has 130 valence electrons. The smallest absolute Gasteiger partial charge is 0.244 e. The van der Waals surface area contributed by atoms with Gasteiger partial charge >= 0.3 is 0 Å². The molecule has 2 aromatic carbocycles. The van der Waals surface area contributed by atoms with Gasteiger partial charge in [-0.3, -0.25) is 9.59 Å². The summed E-state index contributed by atoms with van der Waals surface area (Å²) in [6.45, 7) is 2.58. The van der Waals surface area contributed by atoms with Crippen molar-refractivity contribution < 1.29 is 9.59 Å². The highest BCUT2D eigenvalue weighted by atomic mass is 16.2. The van der Waals surface area contributed by atoms with Gasteiger partial charge in [-0.25, -0.2) is 0 Å². The Labute approximate surface area is 147 Å². The molecule has 1 aliphatic carbocycles. The highest BCUT2D eigenvalue weighted by molar-refractivity contribution is 6.00. The third-order valence-electron chi connectivity index (χ3n) is 4.49. The number of hydrogen-bond donors (Lipinski definition) is 2. The second-order valence-electron chi connectivity index (χ2n) is 6.46. The Kier molecular flexibility index (Phi) is 4.86. The van der Waals surface area contributed by atoms with E-state index in [2.05, 4.69) is 5.32 Å². The molecular formula is C20H23N3O2. The molecule has 1 aliphatic rings. The summed E-state index contributed by atoms with van der Waals surface area (Å²) < 4.78 is 0. The lowest BCUT2D eigenvalue weighted by Crippen LogP contribution is -2.37. The molecule has 0 unspecified atom stereocenters. The molecule has 0 atom stereocenters. The summed E-state index contributed by atoms with van der Waals surface area (Å²) >= 11 is 0. The lowest BCUT2D eigenvalue weighted by atomic mass is 10.1. The van der Waals surface area contributed by atoms with Gasteiger partial charge in [0.05, 0.1) is 12.0 Å². The summed E-state index contributed by atoms with van der Waals surface area (Å²) in [5.74, 6) is -0.0954. The Morgan fingerprint density at radius 3 is 2.28 bits per heavy atom.